The zero-order chi connectivity index (χ0) is 11.7. The highest BCUT2D eigenvalue weighted by atomic mass is 19.0. The highest BCUT2D eigenvalue weighted by Gasteiger charge is 2.26. The lowest BCUT2D eigenvalue weighted by Crippen LogP contribution is -2.33. The van der Waals surface area contributed by atoms with Gasteiger partial charge in [0.05, 0.1) is 12.7 Å². The van der Waals surface area contributed by atoms with Crippen molar-refractivity contribution in [2.75, 3.05) is 6.61 Å². The first-order valence-electron chi connectivity index (χ1n) is 5.20. The van der Waals surface area contributed by atoms with E-state index >= 15 is 0 Å². The summed E-state index contributed by atoms with van der Waals surface area (Å²) in [7, 11) is 0. The molecular formula is C10H15FN2O4. The summed E-state index contributed by atoms with van der Waals surface area (Å²) in [5, 5.41) is 8.93. The van der Waals surface area contributed by atoms with Crippen molar-refractivity contribution in [3.8, 4) is 0 Å². The Morgan fingerprint density at radius 3 is 2.82 bits per heavy atom. The molecule has 0 radical (unpaired) electrons. The van der Waals surface area contributed by atoms with E-state index in [4.69, 9.17) is 9.84 Å². The molecule has 2 atom stereocenters. The summed E-state index contributed by atoms with van der Waals surface area (Å²) in [5.41, 5.74) is -0.382. The monoisotopic (exact) mass is 246 g/mol. The van der Waals surface area contributed by atoms with Gasteiger partial charge in [-0.3, -0.25) is 19.1 Å². The maximum absolute atomic E-state index is 11.5. The molecule has 0 unspecified atom stereocenters. The van der Waals surface area contributed by atoms with Crippen molar-refractivity contribution in [1.82, 2.24) is 9.55 Å². The van der Waals surface area contributed by atoms with Gasteiger partial charge in [-0.1, -0.05) is 0 Å². The number of hydrogen-bond acceptors (Lipinski definition) is 4. The molecule has 0 saturated carbocycles. The molecule has 2 N–H and O–H groups in total. The Kier molecular flexibility index (Phi) is 4.19. The van der Waals surface area contributed by atoms with Gasteiger partial charge in [0.15, 0.2) is 0 Å². The minimum atomic E-state index is -0.473. The van der Waals surface area contributed by atoms with Gasteiger partial charge in [-0.15, -0.1) is 0 Å². The first kappa shape index (κ1) is 13.6. The van der Waals surface area contributed by atoms with Crippen LogP contribution >= 0.6 is 0 Å². The van der Waals surface area contributed by atoms with E-state index in [1.54, 1.807) is 6.92 Å². The van der Waals surface area contributed by atoms with E-state index in [2.05, 4.69) is 4.98 Å². The third-order valence-corrected chi connectivity index (χ3v) is 2.74. The number of aryl methyl sites for hydroxylation is 1. The SMILES string of the molecule is Cc1cn([C@H]2CC[C@@H](CO)O2)c(=O)[nH]c1=O.F. The highest BCUT2D eigenvalue weighted by molar-refractivity contribution is 5.01. The van der Waals surface area contributed by atoms with Crippen LogP contribution in [0.25, 0.3) is 0 Å². The third-order valence-electron chi connectivity index (χ3n) is 2.74. The maximum atomic E-state index is 11.5. The van der Waals surface area contributed by atoms with Gasteiger partial charge < -0.3 is 9.84 Å². The average Bonchev–Trinajstić information content (AvgIpc) is 2.71. The summed E-state index contributed by atoms with van der Waals surface area (Å²) in [6.07, 6.45) is 2.26. The smallest absolute Gasteiger partial charge is 0.330 e. The van der Waals surface area contributed by atoms with E-state index in [0.717, 1.165) is 0 Å². The van der Waals surface area contributed by atoms with Crippen LogP contribution in [0.3, 0.4) is 0 Å². The van der Waals surface area contributed by atoms with Crippen molar-refractivity contribution in [2.45, 2.75) is 32.1 Å². The lowest BCUT2D eigenvalue weighted by atomic mass is 10.2. The van der Waals surface area contributed by atoms with Gasteiger partial charge in [-0.2, -0.15) is 0 Å². The van der Waals surface area contributed by atoms with Crippen LogP contribution in [-0.4, -0.2) is 27.4 Å². The van der Waals surface area contributed by atoms with Crippen molar-refractivity contribution in [3.63, 3.8) is 0 Å². The van der Waals surface area contributed by atoms with E-state index < -0.39 is 5.69 Å². The highest BCUT2D eigenvalue weighted by Crippen LogP contribution is 2.26. The summed E-state index contributed by atoms with van der Waals surface area (Å²) in [6, 6.07) is 0. The molecular weight excluding hydrogens is 231 g/mol. The number of aliphatic hydroxyl groups is 1. The third kappa shape index (κ3) is 2.62. The molecule has 7 heteroatoms. The van der Waals surface area contributed by atoms with E-state index in [0.29, 0.717) is 18.4 Å². The second-order valence-corrected chi connectivity index (χ2v) is 3.95. The maximum Gasteiger partial charge on any atom is 0.330 e. The Morgan fingerprint density at radius 1 is 1.53 bits per heavy atom. The van der Waals surface area contributed by atoms with Crippen LogP contribution in [0.15, 0.2) is 15.8 Å². The van der Waals surface area contributed by atoms with Crippen LogP contribution in [0.4, 0.5) is 4.70 Å². The first-order valence-corrected chi connectivity index (χ1v) is 5.20. The number of hydrogen-bond donors (Lipinski definition) is 2. The van der Waals surface area contributed by atoms with E-state index in [-0.39, 0.29) is 29.2 Å². The van der Waals surface area contributed by atoms with Gasteiger partial charge in [0, 0.05) is 11.8 Å². The van der Waals surface area contributed by atoms with Crippen molar-refractivity contribution >= 4 is 0 Å². The van der Waals surface area contributed by atoms with Gasteiger partial charge in [0.25, 0.3) is 5.56 Å². The molecule has 0 spiro atoms. The van der Waals surface area contributed by atoms with Crippen molar-refractivity contribution in [1.29, 1.82) is 0 Å². The molecule has 1 aliphatic rings. The number of nitrogens with one attached hydrogen (secondary N) is 1. The molecule has 96 valence electrons. The van der Waals surface area contributed by atoms with E-state index in [9.17, 15) is 9.59 Å². The molecule has 17 heavy (non-hydrogen) atoms. The van der Waals surface area contributed by atoms with Crippen LogP contribution in [0, 0.1) is 6.92 Å². The summed E-state index contributed by atoms with van der Waals surface area (Å²) in [4.78, 5) is 24.9. The Balaban J connectivity index is 0.00000144. The molecule has 1 aromatic rings. The summed E-state index contributed by atoms with van der Waals surface area (Å²) in [6.45, 7) is 1.58. The van der Waals surface area contributed by atoms with Crippen LogP contribution < -0.4 is 11.2 Å². The van der Waals surface area contributed by atoms with Gasteiger partial charge in [-0.05, 0) is 19.8 Å². The number of aromatic amines is 1. The molecule has 1 fully saturated rings. The second kappa shape index (κ2) is 5.24. The van der Waals surface area contributed by atoms with Crippen LogP contribution in [0.5, 0.6) is 0 Å². The molecule has 2 rings (SSSR count). The zero-order valence-corrected chi connectivity index (χ0v) is 9.38. The summed E-state index contributed by atoms with van der Waals surface area (Å²) in [5.74, 6) is 0. The predicted octanol–water partition coefficient (Wildman–Crippen LogP) is -0.333. The lowest BCUT2D eigenvalue weighted by Gasteiger charge is -2.14. The fourth-order valence-corrected chi connectivity index (χ4v) is 1.83. The van der Waals surface area contributed by atoms with Crippen LogP contribution in [0.1, 0.15) is 24.6 Å². The molecule has 0 aromatic carbocycles. The van der Waals surface area contributed by atoms with Gasteiger partial charge in [0.1, 0.15) is 6.23 Å². The zero-order valence-electron chi connectivity index (χ0n) is 9.38. The Morgan fingerprint density at radius 2 is 2.24 bits per heavy atom. The molecule has 0 amide bonds. The Hall–Kier alpha value is -1.47. The predicted molar refractivity (Wildman–Crippen MR) is 58.8 cm³/mol. The number of H-pyrrole nitrogens is 1. The fourth-order valence-electron chi connectivity index (χ4n) is 1.83. The molecule has 1 saturated heterocycles. The van der Waals surface area contributed by atoms with Crippen molar-refractivity contribution < 1.29 is 14.5 Å². The van der Waals surface area contributed by atoms with E-state index in [1.807, 2.05) is 0 Å². The molecule has 0 bridgehead atoms. The molecule has 0 aliphatic carbocycles. The van der Waals surface area contributed by atoms with E-state index in [1.165, 1.54) is 10.8 Å². The number of rotatable bonds is 2. The first-order chi connectivity index (χ1) is 7.61. The normalized spacial score (nSPS) is 23.4. The summed E-state index contributed by atoms with van der Waals surface area (Å²) >= 11 is 0. The summed E-state index contributed by atoms with van der Waals surface area (Å²) < 4.78 is 6.83. The van der Waals surface area contributed by atoms with Gasteiger partial charge >= 0.3 is 5.69 Å². The number of aliphatic hydroxyl groups excluding tert-OH is 1. The van der Waals surface area contributed by atoms with Gasteiger partial charge in [-0.25, -0.2) is 4.79 Å². The Labute approximate surface area is 96.2 Å². The minimum absolute atomic E-state index is 0. The quantitative estimate of drug-likeness (QED) is 0.748. The largest absolute Gasteiger partial charge is 0.394 e. The van der Waals surface area contributed by atoms with Crippen LogP contribution in [-0.2, 0) is 4.74 Å². The number of aromatic nitrogens is 2. The topological polar surface area (TPSA) is 84.3 Å². The fraction of sp³-hybridized carbons (Fsp3) is 0.600. The van der Waals surface area contributed by atoms with Crippen LogP contribution in [0.2, 0.25) is 0 Å². The molecule has 6 nitrogen and oxygen atoms in total. The van der Waals surface area contributed by atoms with Gasteiger partial charge in [0.2, 0.25) is 0 Å². The molecule has 1 aliphatic heterocycles. The number of halogens is 1. The average molecular weight is 246 g/mol. The molecule has 2 heterocycles. The molecule has 1 aromatic heterocycles. The number of ether oxygens (including phenoxy) is 1. The lowest BCUT2D eigenvalue weighted by molar-refractivity contribution is -0.0247. The standard InChI is InChI=1S/C10H14N2O4.FH/c1-6-4-12(10(15)11-9(6)14)8-3-2-7(5-13)16-8;/h4,7-8,13H,2-3,5H2,1H3,(H,11,14,15);1H/t7-,8+;/m0./s1. The Bertz CT molecular complexity index is 496. The van der Waals surface area contributed by atoms with Crippen molar-refractivity contribution in [3.05, 3.63) is 32.6 Å². The minimum Gasteiger partial charge on any atom is -0.394 e. The van der Waals surface area contributed by atoms with Crippen molar-refractivity contribution in [2.24, 2.45) is 0 Å². The second-order valence-electron chi connectivity index (χ2n) is 3.95. The number of nitrogens with zero attached hydrogens (tertiary/aromatic N) is 1.